The molecule has 2 rings (SSSR count). The number of rotatable bonds is 1. The first-order chi connectivity index (χ1) is 6.27. The summed E-state index contributed by atoms with van der Waals surface area (Å²) in [5.74, 6) is 1.38. The lowest BCUT2D eigenvalue weighted by atomic mass is 10.1. The summed E-state index contributed by atoms with van der Waals surface area (Å²) in [5, 5.41) is 14.2. The van der Waals surface area contributed by atoms with Crippen molar-refractivity contribution < 1.29 is 4.63 Å². The summed E-state index contributed by atoms with van der Waals surface area (Å²) >= 11 is 0. The molecule has 1 atom stereocenters. The quantitative estimate of drug-likeness (QED) is 0.666. The lowest BCUT2D eigenvalue weighted by molar-refractivity contribution is 0.299. The molecule has 0 fully saturated rings. The Kier molecular flexibility index (Phi) is 2.18. The van der Waals surface area contributed by atoms with Crippen molar-refractivity contribution >= 4 is 5.82 Å². The van der Waals surface area contributed by atoms with Crippen LogP contribution < -0.4 is 10.6 Å². The van der Waals surface area contributed by atoms with Gasteiger partial charge in [0.2, 0.25) is 0 Å². The number of nitrogens with one attached hydrogen (secondary N) is 2. The molecule has 0 spiro atoms. The third-order valence-electron chi connectivity index (χ3n) is 2.38. The van der Waals surface area contributed by atoms with Gasteiger partial charge in [-0.05, 0) is 11.1 Å². The van der Waals surface area contributed by atoms with E-state index in [9.17, 15) is 0 Å². The van der Waals surface area contributed by atoms with E-state index < -0.39 is 0 Å². The molecule has 0 amide bonds. The third kappa shape index (κ3) is 1.65. The molecule has 0 unspecified atom stereocenters. The molecule has 0 radical (unpaired) electrons. The minimum atomic E-state index is 0.469. The molecule has 1 aliphatic rings. The summed E-state index contributed by atoms with van der Waals surface area (Å²) in [7, 11) is 0. The van der Waals surface area contributed by atoms with Crippen LogP contribution in [0.2, 0.25) is 0 Å². The second-order valence-electron chi connectivity index (χ2n) is 3.67. The van der Waals surface area contributed by atoms with Gasteiger partial charge in [0.05, 0.1) is 0 Å². The lowest BCUT2D eigenvalue weighted by Crippen LogP contribution is -2.37. The zero-order valence-electron chi connectivity index (χ0n) is 7.87. The van der Waals surface area contributed by atoms with Gasteiger partial charge < -0.3 is 10.6 Å². The Bertz CT molecular complexity index is 261. The first-order valence-electron chi connectivity index (χ1n) is 4.56. The number of nitrogens with zero attached hydrogens (tertiary/aromatic N) is 2. The minimum absolute atomic E-state index is 0.469. The Morgan fingerprint density at radius 3 is 3.08 bits per heavy atom. The average molecular weight is 182 g/mol. The van der Waals surface area contributed by atoms with E-state index in [1.54, 1.807) is 0 Å². The van der Waals surface area contributed by atoms with Gasteiger partial charge in [0.1, 0.15) is 5.69 Å². The van der Waals surface area contributed by atoms with Crippen LogP contribution in [0.15, 0.2) is 4.63 Å². The molecule has 13 heavy (non-hydrogen) atoms. The number of anilines is 1. The van der Waals surface area contributed by atoms with Gasteiger partial charge >= 0.3 is 0 Å². The second-order valence-corrected chi connectivity index (χ2v) is 3.67. The van der Waals surface area contributed by atoms with E-state index in [0.29, 0.717) is 12.0 Å². The van der Waals surface area contributed by atoms with Crippen molar-refractivity contribution in [2.45, 2.75) is 26.4 Å². The highest BCUT2D eigenvalue weighted by atomic mass is 16.6. The molecule has 1 aromatic rings. The molecule has 5 heteroatoms. The highest BCUT2D eigenvalue weighted by molar-refractivity contribution is 5.39. The summed E-state index contributed by atoms with van der Waals surface area (Å²) in [6, 6.07) is 0.469. The van der Waals surface area contributed by atoms with E-state index in [0.717, 1.165) is 24.6 Å². The topological polar surface area (TPSA) is 63.0 Å². The first-order valence-corrected chi connectivity index (χ1v) is 4.56. The predicted octanol–water partition coefficient (Wildman–Crippen LogP) is 0.609. The fourth-order valence-corrected chi connectivity index (χ4v) is 1.43. The largest absolute Gasteiger partial charge is 0.364 e. The molecule has 72 valence electrons. The normalized spacial score (nSPS) is 22.2. The zero-order chi connectivity index (χ0) is 9.26. The summed E-state index contributed by atoms with van der Waals surface area (Å²) < 4.78 is 4.62. The van der Waals surface area contributed by atoms with Crippen LogP contribution in [-0.4, -0.2) is 22.9 Å². The van der Waals surface area contributed by atoms with Crippen LogP contribution in [0.3, 0.4) is 0 Å². The Balaban J connectivity index is 2.08. The molecule has 2 N–H and O–H groups in total. The highest BCUT2D eigenvalue weighted by Crippen LogP contribution is 2.14. The molecule has 2 heterocycles. The Labute approximate surface area is 76.9 Å². The van der Waals surface area contributed by atoms with E-state index in [2.05, 4.69) is 39.4 Å². The highest BCUT2D eigenvalue weighted by Gasteiger charge is 2.20. The Morgan fingerprint density at radius 2 is 2.31 bits per heavy atom. The van der Waals surface area contributed by atoms with Crippen molar-refractivity contribution in [3.05, 3.63) is 5.69 Å². The van der Waals surface area contributed by atoms with Crippen LogP contribution in [0.1, 0.15) is 19.5 Å². The minimum Gasteiger partial charge on any atom is -0.364 e. The van der Waals surface area contributed by atoms with Crippen LogP contribution in [0.5, 0.6) is 0 Å². The SMILES string of the molecule is CC(C)[C@H]1CNc2nonc2CN1. The average Bonchev–Trinajstić information content (AvgIpc) is 2.44. The van der Waals surface area contributed by atoms with Crippen molar-refractivity contribution in [2.75, 3.05) is 11.9 Å². The third-order valence-corrected chi connectivity index (χ3v) is 2.38. The van der Waals surface area contributed by atoms with Gasteiger partial charge in [-0.2, -0.15) is 0 Å². The van der Waals surface area contributed by atoms with Gasteiger partial charge in [0.15, 0.2) is 5.82 Å². The molecule has 5 nitrogen and oxygen atoms in total. The molecule has 0 aromatic carbocycles. The number of hydrogen-bond acceptors (Lipinski definition) is 5. The standard InChI is InChI=1S/C8H14N4O/c1-5(2)6-3-10-8-7(4-9-6)11-13-12-8/h5-6,9H,3-4H2,1-2H3,(H,10,12)/t6-/m1/s1. The Morgan fingerprint density at radius 1 is 1.46 bits per heavy atom. The predicted molar refractivity (Wildman–Crippen MR) is 48.3 cm³/mol. The van der Waals surface area contributed by atoms with E-state index >= 15 is 0 Å². The first kappa shape index (κ1) is 8.50. The fourth-order valence-electron chi connectivity index (χ4n) is 1.43. The van der Waals surface area contributed by atoms with Crippen LogP contribution >= 0.6 is 0 Å². The second kappa shape index (κ2) is 3.33. The molecule has 1 aromatic heterocycles. The van der Waals surface area contributed by atoms with E-state index in [1.807, 2.05) is 0 Å². The summed E-state index contributed by atoms with van der Waals surface area (Å²) in [6.07, 6.45) is 0. The molecule has 1 aliphatic heterocycles. The number of aromatic nitrogens is 2. The van der Waals surface area contributed by atoms with Crippen LogP contribution in [0.4, 0.5) is 5.82 Å². The van der Waals surface area contributed by atoms with Gasteiger partial charge in [-0.15, -0.1) is 0 Å². The molecule has 0 saturated carbocycles. The van der Waals surface area contributed by atoms with Crippen molar-refractivity contribution in [3.63, 3.8) is 0 Å². The summed E-state index contributed by atoms with van der Waals surface area (Å²) in [6.45, 7) is 5.99. The van der Waals surface area contributed by atoms with E-state index in [4.69, 9.17) is 0 Å². The molecule has 0 aliphatic carbocycles. The van der Waals surface area contributed by atoms with Gasteiger partial charge in [0.25, 0.3) is 0 Å². The monoisotopic (exact) mass is 182 g/mol. The van der Waals surface area contributed by atoms with Gasteiger partial charge in [-0.3, -0.25) is 0 Å². The van der Waals surface area contributed by atoms with Crippen LogP contribution in [-0.2, 0) is 6.54 Å². The van der Waals surface area contributed by atoms with Crippen molar-refractivity contribution in [1.29, 1.82) is 0 Å². The maximum Gasteiger partial charge on any atom is 0.195 e. The fraction of sp³-hybridized carbons (Fsp3) is 0.750. The summed E-state index contributed by atoms with van der Waals surface area (Å²) in [4.78, 5) is 0. The Hall–Kier alpha value is -1.10. The van der Waals surface area contributed by atoms with Gasteiger partial charge in [-0.1, -0.05) is 19.0 Å². The van der Waals surface area contributed by atoms with Crippen LogP contribution in [0.25, 0.3) is 0 Å². The molecule has 0 saturated heterocycles. The van der Waals surface area contributed by atoms with E-state index in [-0.39, 0.29) is 0 Å². The van der Waals surface area contributed by atoms with Crippen molar-refractivity contribution in [3.8, 4) is 0 Å². The molecular formula is C8H14N4O. The van der Waals surface area contributed by atoms with Gasteiger partial charge in [-0.25, -0.2) is 4.63 Å². The van der Waals surface area contributed by atoms with Crippen molar-refractivity contribution in [1.82, 2.24) is 15.6 Å². The molecular weight excluding hydrogens is 168 g/mol. The number of hydrogen-bond donors (Lipinski definition) is 2. The maximum absolute atomic E-state index is 4.62. The summed E-state index contributed by atoms with van der Waals surface area (Å²) in [5.41, 5.74) is 0.864. The molecule has 0 bridgehead atoms. The van der Waals surface area contributed by atoms with E-state index in [1.165, 1.54) is 0 Å². The lowest BCUT2D eigenvalue weighted by Gasteiger charge is -2.19. The zero-order valence-corrected chi connectivity index (χ0v) is 7.87. The smallest absolute Gasteiger partial charge is 0.195 e. The maximum atomic E-state index is 4.62. The van der Waals surface area contributed by atoms with Gasteiger partial charge in [0, 0.05) is 19.1 Å². The number of fused-ring (bicyclic) bond motifs is 1. The van der Waals surface area contributed by atoms with Crippen molar-refractivity contribution in [2.24, 2.45) is 5.92 Å². The van der Waals surface area contributed by atoms with Crippen LogP contribution in [0, 0.1) is 5.92 Å².